The molecule has 0 aliphatic carbocycles. The SMILES string of the molecule is CC[C@@H](C(=O)NC(C)(C)C)N(Cc1c(Cl)cccc1Cl)C(=O)CN(c1ccc(F)cc1)S(C)(=O)=O. The van der Waals surface area contributed by atoms with Crippen LogP contribution in [-0.2, 0) is 26.2 Å². The maximum Gasteiger partial charge on any atom is 0.244 e. The summed E-state index contributed by atoms with van der Waals surface area (Å²) in [6.45, 7) is 6.47. The van der Waals surface area contributed by atoms with Crippen LogP contribution in [0.3, 0.4) is 0 Å². The Kier molecular flexibility index (Phi) is 9.56. The highest BCUT2D eigenvalue weighted by Gasteiger charge is 2.33. The van der Waals surface area contributed by atoms with Crippen LogP contribution < -0.4 is 9.62 Å². The Morgan fingerprint density at radius 2 is 1.60 bits per heavy atom. The lowest BCUT2D eigenvalue weighted by Crippen LogP contribution is -2.55. The zero-order valence-electron chi connectivity index (χ0n) is 20.3. The predicted molar refractivity (Wildman–Crippen MR) is 138 cm³/mol. The van der Waals surface area contributed by atoms with Crippen molar-refractivity contribution < 1.29 is 22.4 Å². The highest BCUT2D eigenvalue weighted by Crippen LogP contribution is 2.28. The topological polar surface area (TPSA) is 86.8 Å². The van der Waals surface area contributed by atoms with E-state index >= 15 is 0 Å². The van der Waals surface area contributed by atoms with Gasteiger partial charge in [0.2, 0.25) is 21.8 Å². The van der Waals surface area contributed by atoms with E-state index in [2.05, 4.69) is 5.32 Å². The third-order valence-corrected chi connectivity index (χ3v) is 6.92. The van der Waals surface area contributed by atoms with Crippen molar-refractivity contribution in [2.24, 2.45) is 0 Å². The first-order valence-corrected chi connectivity index (χ1v) is 13.5. The van der Waals surface area contributed by atoms with Crippen LogP contribution in [0.2, 0.25) is 10.0 Å². The number of sulfonamides is 1. The van der Waals surface area contributed by atoms with Crippen LogP contribution >= 0.6 is 23.2 Å². The zero-order valence-corrected chi connectivity index (χ0v) is 22.6. The third-order valence-electron chi connectivity index (χ3n) is 5.07. The molecule has 0 saturated heterocycles. The van der Waals surface area contributed by atoms with E-state index in [0.29, 0.717) is 15.6 Å². The second-order valence-electron chi connectivity index (χ2n) is 9.13. The summed E-state index contributed by atoms with van der Waals surface area (Å²) in [5, 5.41) is 3.48. The molecule has 0 saturated carbocycles. The summed E-state index contributed by atoms with van der Waals surface area (Å²) in [6, 6.07) is 8.69. The molecule has 11 heteroatoms. The molecule has 35 heavy (non-hydrogen) atoms. The first kappa shape index (κ1) is 28.9. The summed E-state index contributed by atoms with van der Waals surface area (Å²) < 4.78 is 39.4. The Labute approximate surface area is 216 Å². The molecule has 0 fully saturated rings. The van der Waals surface area contributed by atoms with Gasteiger partial charge in [-0.1, -0.05) is 36.2 Å². The molecular formula is C24H30Cl2FN3O4S. The fourth-order valence-corrected chi connectivity index (χ4v) is 4.81. The summed E-state index contributed by atoms with van der Waals surface area (Å²) in [7, 11) is -3.92. The number of carbonyl (C=O) groups is 2. The number of hydrogen-bond donors (Lipinski definition) is 1. The number of benzene rings is 2. The Hall–Kier alpha value is -2.36. The Morgan fingerprint density at radius 1 is 1.06 bits per heavy atom. The Morgan fingerprint density at radius 3 is 2.06 bits per heavy atom. The number of halogens is 3. The molecule has 2 rings (SSSR count). The van der Waals surface area contributed by atoms with Gasteiger partial charge in [-0.2, -0.15) is 0 Å². The molecule has 0 aliphatic rings. The molecule has 0 aromatic heterocycles. The van der Waals surface area contributed by atoms with Gasteiger partial charge in [0.25, 0.3) is 0 Å². The highest BCUT2D eigenvalue weighted by molar-refractivity contribution is 7.92. The lowest BCUT2D eigenvalue weighted by molar-refractivity contribution is -0.141. The maximum atomic E-state index is 13.6. The van der Waals surface area contributed by atoms with Gasteiger partial charge in [0.05, 0.1) is 11.9 Å². The maximum absolute atomic E-state index is 13.6. The lowest BCUT2D eigenvalue weighted by atomic mass is 10.1. The van der Waals surface area contributed by atoms with Crippen molar-refractivity contribution in [3.8, 4) is 0 Å². The first-order chi connectivity index (χ1) is 16.1. The second-order valence-corrected chi connectivity index (χ2v) is 11.9. The van der Waals surface area contributed by atoms with Crippen molar-refractivity contribution in [3.63, 3.8) is 0 Å². The quantitative estimate of drug-likeness (QED) is 0.498. The zero-order chi connectivity index (χ0) is 26.6. The number of nitrogens with one attached hydrogen (secondary N) is 1. The minimum absolute atomic E-state index is 0.116. The minimum Gasteiger partial charge on any atom is -0.350 e. The van der Waals surface area contributed by atoms with Gasteiger partial charge in [0, 0.05) is 27.7 Å². The number of amides is 2. The van der Waals surface area contributed by atoms with Gasteiger partial charge < -0.3 is 10.2 Å². The van der Waals surface area contributed by atoms with Gasteiger partial charge in [-0.05, 0) is 63.6 Å². The number of anilines is 1. The van der Waals surface area contributed by atoms with Gasteiger partial charge in [-0.15, -0.1) is 0 Å². The molecular weight excluding hydrogens is 516 g/mol. The van der Waals surface area contributed by atoms with E-state index in [1.807, 2.05) is 20.8 Å². The van der Waals surface area contributed by atoms with Crippen molar-refractivity contribution in [3.05, 3.63) is 63.9 Å². The number of rotatable bonds is 9. The number of nitrogens with zero attached hydrogens (tertiary/aromatic N) is 2. The van der Waals surface area contributed by atoms with E-state index in [-0.39, 0.29) is 18.7 Å². The summed E-state index contributed by atoms with van der Waals surface area (Å²) >= 11 is 12.7. The average molecular weight is 546 g/mol. The Balaban J connectivity index is 2.51. The third kappa shape index (κ3) is 8.08. The van der Waals surface area contributed by atoms with Crippen molar-refractivity contribution in [1.29, 1.82) is 0 Å². The molecule has 0 bridgehead atoms. The fourth-order valence-electron chi connectivity index (χ4n) is 3.45. The van der Waals surface area contributed by atoms with Crippen LogP contribution in [0.15, 0.2) is 42.5 Å². The van der Waals surface area contributed by atoms with E-state index in [4.69, 9.17) is 23.2 Å². The molecule has 1 atom stereocenters. The molecule has 2 aromatic rings. The molecule has 0 spiro atoms. The van der Waals surface area contributed by atoms with Crippen molar-refractivity contribution in [2.75, 3.05) is 17.1 Å². The first-order valence-electron chi connectivity index (χ1n) is 10.9. The van der Waals surface area contributed by atoms with E-state index in [1.165, 1.54) is 17.0 Å². The number of carbonyl (C=O) groups excluding carboxylic acids is 2. The lowest BCUT2D eigenvalue weighted by Gasteiger charge is -2.34. The van der Waals surface area contributed by atoms with Crippen LogP contribution in [0.1, 0.15) is 39.7 Å². The highest BCUT2D eigenvalue weighted by atomic mass is 35.5. The van der Waals surface area contributed by atoms with E-state index in [0.717, 1.165) is 22.7 Å². The normalized spacial score (nSPS) is 12.7. The fraction of sp³-hybridized carbons (Fsp3) is 0.417. The molecule has 0 unspecified atom stereocenters. The van der Waals surface area contributed by atoms with E-state index in [9.17, 15) is 22.4 Å². The Bertz CT molecular complexity index is 1150. The second kappa shape index (κ2) is 11.6. The summed E-state index contributed by atoms with van der Waals surface area (Å²) in [5.74, 6) is -1.59. The molecule has 0 aliphatic heterocycles. The van der Waals surface area contributed by atoms with Crippen LogP contribution in [0.25, 0.3) is 0 Å². The molecule has 2 aromatic carbocycles. The van der Waals surface area contributed by atoms with Crippen molar-refractivity contribution >= 4 is 50.7 Å². The van der Waals surface area contributed by atoms with Crippen molar-refractivity contribution in [1.82, 2.24) is 10.2 Å². The van der Waals surface area contributed by atoms with Gasteiger partial charge in [-0.3, -0.25) is 13.9 Å². The minimum atomic E-state index is -3.92. The van der Waals surface area contributed by atoms with Gasteiger partial charge in [0.1, 0.15) is 18.4 Å². The van der Waals surface area contributed by atoms with Crippen molar-refractivity contribution in [2.45, 2.75) is 52.2 Å². The number of hydrogen-bond acceptors (Lipinski definition) is 4. The van der Waals surface area contributed by atoms with Gasteiger partial charge in [-0.25, -0.2) is 12.8 Å². The molecule has 192 valence electrons. The van der Waals surface area contributed by atoms with Gasteiger partial charge >= 0.3 is 0 Å². The molecule has 1 N–H and O–H groups in total. The average Bonchev–Trinajstić information content (AvgIpc) is 2.72. The summed E-state index contributed by atoms with van der Waals surface area (Å²) in [6.07, 6.45) is 1.20. The summed E-state index contributed by atoms with van der Waals surface area (Å²) in [4.78, 5) is 28.0. The van der Waals surface area contributed by atoms with Crippen LogP contribution in [0, 0.1) is 5.82 Å². The summed E-state index contributed by atoms with van der Waals surface area (Å²) in [5.41, 5.74) is -0.0159. The largest absolute Gasteiger partial charge is 0.350 e. The molecule has 7 nitrogen and oxygen atoms in total. The standard InChI is InChI=1S/C24H30Cl2FN3O4S/c1-6-21(23(32)28-24(2,3)4)29(14-18-19(25)8-7-9-20(18)26)22(31)15-30(35(5,33)34)17-12-10-16(27)11-13-17/h7-13,21H,6,14-15H2,1-5H3,(H,28,32)/t21-/m0/s1. The molecule has 0 heterocycles. The molecule has 0 radical (unpaired) electrons. The molecule has 2 amide bonds. The van der Waals surface area contributed by atoms with Gasteiger partial charge in [0.15, 0.2) is 0 Å². The van der Waals surface area contributed by atoms with Crippen LogP contribution in [0.4, 0.5) is 10.1 Å². The smallest absolute Gasteiger partial charge is 0.244 e. The van der Waals surface area contributed by atoms with Crippen LogP contribution in [0.5, 0.6) is 0 Å². The monoisotopic (exact) mass is 545 g/mol. The van der Waals surface area contributed by atoms with E-state index < -0.39 is 45.8 Å². The van der Waals surface area contributed by atoms with Crippen LogP contribution in [-0.4, -0.2) is 49.5 Å². The predicted octanol–water partition coefficient (Wildman–Crippen LogP) is 4.62. The van der Waals surface area contributed by atoms with E-state index in [1.54, 1.807) is 25.1 Å².